The number of hydrogen-bond acceptors (Lipinski definition) is 3. The molecule has 0 saturated carbocycles. The number of urea groups is 1. The molecular formula is C14H13F3N2O2S. The Balaban J connectivity index is 1.82. The molecular weight excluding hydrogens is 317 g/mol. The van der Waals surface area contributed by atoms with E-state index in [1.165, 1.54) is 12.1 Å². The van der Waals surface area contributed by atoms with Gasteiger partial charge in [0.25, 0.3) is 5.91 Å². The quantitative estimate of drug-likeness (QED) is 0.848. The Hall–Kier alpha value is -1.70. The molecule has 0 aliphatic carbocycles. The normalized spacial score (nSPS) is 25.1. The van der Waals surface area contributed by atoms with E-state index in [9.17, 15) is 22.8 Å². The zero-order valence-electron chi connectivity index (χ0n) is 11.4. The number of rotatable bonds is 2. The van der Waals surface area contributed by atoms with Crippen molar-refractivity contribution in [3.63, 3.8) is 0 Å². The van der Waals surface area contributed by atoms with Crippen molar-refractivity contribution >= 4 is 23.7 Å². The molecule has 0 aromatic heterocycles. The summed E-state index contributed by atoms with van der Waals surface area (Å²) in [6, 6.07) is 4.14. The number of imide groups is 1. The van der Waals surface area contributed by atoms with Gasteiger partial charge in [-0.3, -0.25) is 9.69 Å². The van der Waals surface area contributed by atoms with Gasteiger partial charge in [0.15, 0.2) is 0 Å². The molecule has 0 bridgehead atoms. The van der Waals surface area contributed by atoms with Crippen LogP contribution < -0.4 is 5.32 Å². The van der Waals surface area contributed by atoms with Crippen LogP contribution in [0, 0.1) is 0 Å². The molecule has 1 aromatic carbocycles. The van der Waals surface area contributed by atoms with Crippen LogP contribution in [0.3, 0.4) is 0 Å². The van der Waals surface area contributed by atoms with Crippen LogP contribution in [-0.4, -0.2) is 33.9 Å². The highest BCUT2D eigenvalue weighted by Gasteiger charge is 2.52. The van der Waals surface area contributed by atoms with E-state index in [2.05, 4.69) is 5.32 Å². The molecule has 2 aliphatic heterocycles. The summed E-state index contributed by atoms with van der Waals surface area (Å²) in [6.45, 7) is -0.152. The van der Waals surface area contributed by atoms with Crippen molar-refractivity contribution in [3.05, 3.63) is 35.4 Å². The molecule has 1 N–H and O–H groups in total. The van der Waals surface area contributed by atoms with Crippen LogP contribution in [0.5, 0.6) is 0 Å². The number of alkyl halides is 3. The molecule has 1 spiro atoms. The molecule has 118 valence electrons. The number of carbonyl (C=O) groups excluding carboxylic acids is 2. The molecule has 2 heterocycles. The summed E-state index contributed by atoms with van der Waals surface area (Å²) in [6.07, 6.45) is -3.89. The number of nitrogens with one attached hydrogen (secondary N) is 1. The van der Waals surface area contributed by atoms with E-state index < -0.39 is 23.3 Å². The maximum absolute atomic E-state index is 12.7. The lowest BCUT2D eigenvalue weighted by atomic mass is 9.99. The monoisotopic (exact) mass is 330 g/mol. The van der Waals surface area contributed by atoms with Gasteiger partial charge in [-0.05, 0) is 29.9 Å². The lowest BCUT2D eigenvalue weighted by Gasteiger charge is -2.19. The highest BCUT2D eigenvalue weighted by molar-refractivity contribution is 7.99. The minimum atomic E-state index is -4.45. The van der Waals surface area contributed by atoms with E-state index in [1.807, 2.05) is 0 Å². The van der Waals surface area contributed by atoms with Gasteiger partial charge >= 0.3 is 12.2 Å². The van der Waals surface area contributed by atoms with E-state index in [0.717, 1.165) is 22.8 Å². The summed E-state index contributed by atoms with van der Waals surface area (Å²) in [5.74, 6) is 0.944. The molecule has 0 unspecified atom stereocenters. The van der Waals surface area contributed by atoms with Gasteiger partial charge in [-0.2, -0.15) is 24.9 Å². The molecule has 22 heavy (non-hydrogen) atoms. The zero-order chi connectivity index (χ0) is 16.0. The SMILES string of the molecule is O=C1N[C@@]2(CCSC2)C(=O)N1Cc1cccc(C(F)(F)F)c1. The summed E-state index contributed by atoms with van der Waals surface area (Å²) < 4.78 is 38.1. The largest absolute Gasteiger partial charge is 0.416 e. The number of halogens is 3. The highest BCUT2D eigenvalue weighted by atomic mass is 32.2. The van der Waals surface area contributed by atoms with Gasteiger partial charge in [-0.25, -0.2) is 4.79 Å². The number of amides is 3. The molecule has 3 rings (SSSR count). The highest BCUT2D eigenvalue weighted by Crippen LogP contribution is 2.34. The van der Waals surface area contributed by atoms with Crippen LogP contribution in [0.15, 0.2) is 24.3 Å². The molecule has 4 nitrogen and oxygen atoms in total. The van der Waals surface area contributed by atoms with Gasteiger partial charge in [0.2, 0.25) is 0 Å². The third kappa shape index (κ3) is 2.55. The van der Waals surface area contributed by atoms with E-state index in [-0.39, 0.29) is 18.0 Å². The van der Waals surface area contributed by atoms with Gasteiger partial charge in [-0.1, -0.05) is 12.1 Å². The number of hydrogen-bond donors (Lipinski definition) is 1. The third-order valence-corrected chi connectivity index (χ3v) is 5.05. The van der Waals surface area contributed by atoms with Gasteiger partial charge in [0.05, 0.1) is 12.1 Å². The maximum atomic E-state index is 12.7. The fourth-order valence-corrected chi connectivity index (χ4v) is 4.01. The van der Waals surface area contributed by atoms with Crippen LogP contribution in [0.2, 0.25) is 0 Å². The zero-order valence-corrected chi connectivity index (χ0v) is 12.3. The molecule has 2 aliphatic rings. The van der Waals surface area contributed by atoms with Gasteiger partial charge in [0, 0.05) is 5.75 Å². The predicted octanol–water partition coefficient (Wildman–Crippen LogP) is 2.63. The molecule has 8 heteroatoms. The molecule has 2 fully saturated rings. The minimum absolute atomic E-state index is 0.152. The first-order valence-corrected chi connectivity index (χ1v) is 7.85. The molecule has 1 aromatic rings. The van der Waals surface area contributed by atoms with Crippen LogP contribution in [0.25, 0.3) is 0 Å². The smallest absolute Gasteiger partial charge is 0.322 e. The van der Waals surface area contributed by atoms with Gasteiger partial charge < -0.3 is 5.32 Å². The first-order chi connectivity index (χ1) is 10.3. The van der Waals surface area contributed by atoms with Crippen molar-refractivity contribution < 1.29 is 22.8 Å². The summed E-state index contributed by atoms with van der Waals surface area (Å²) in [5.41, 5.74) is -1.38. The fraction of sp³-hybridized carbons (Fsp3) is 0.429. The first kappa shape index (κ1) is 15.2. The van der Waals surface area contributed by atoms with Crippen molar-refractivity contribution in [1.29, 1.82) is 0 Å². The van der Waals surface area contributed by atoms with Crippen LogP contribution in [0.1, 0.15) is 17.5 Å². The Morgan fingerprint density at radius 1 is 1.32 bits per heavy atom. The van der Waals surface area contributed by atoms with Crippen molar-refractivity contribution in [2.24, 2.45) is 0 Å². The number of benzene rings is 1. The van der Waals surface area contributed by atoms with Crippen LogP contribution in [0.4, 0.5) is 18.0 Å². The molecule has 3 amide bonds. The van der Waals surface area contributed by atoms with E-state index in [1.54, 1.807) is 11.8 Å². The summed E-state index contributed by atoms with van der Waals surface area (Å²) in [4.78, 5) is 25.4. The lowest BCUT2D eigenvalue weighted by Crippen LogP contribution is -2.46. The predicted molar refractivity (Wildman–Crippen MR) is 75.2 cm³/mol. The lowest BCUT2D eigenvalue weighted by molar-refractivity contribution is -0.137. The van der Waals surface area contributed by atoms with E-state index >= 15 is 0 Å². The Bertz CT molecular complexity index is 627. The average Bonchev–Trinajstić information content (AvgIpc) is 3.00. The van der Waals surface area contributed by atoms with Gasteiger partial charge in [-0.15, -0.1) is 0 Å². The van der Waals surface area contributed by atoms with Crippen molar-refractivity contribution in [3.8, 4) is 0 Å². The van der Waals surface area contributed by atoms with Crippen molar-refractivity contribution in [2.45, 2.75) is 24.7 Å². The summed E-state index contributed by atoms with van der Waals surface area (Å²) in [5, 5.41) is 2.69. The molecule has 2 saturated heterocycles. The van der Waals surface area contributed by atoms with Crippen molar-refractivity contribution in [1.82, 2.24) is 10.2 Å². The van der Waals surface area contributed by atoms with Crippen molar-refractivity contribution in [2.75, 3.05) is 11.5 Å². The molecule has 0 radical (unpaired) electrons. The fourth-order valence-electron chi connectivity index (χ4n) is 2.68. The van der Waals surface area contributed by atoms with Crippen LogP contribution >= 0.6 is 11.8 Å². The number of thioether (sulfide) groups is 1. The summed E-state index contributed by atoms with van der Waals surface area (Å²) >= 11 is 1.58. The topological polar surface area (TPSA) is 49.4 Å². The van der Waals surface area contributed by atoms with Gasteiger partial charge in [0.1, 0.15) is 5.54 Å². The maximum Gasteiger partial charge on any atom is 0.416 e. The second-order valence-corrected chi connectivity index (χ2v) is 6.51. The Morgan fingerprint density at radius 3 is 2.73 bits per heavy atom. The second kappa shape index (κ2) is 5.19. The Labute approximate surface area is 129 Å². The van der Waals surface area contributed by atoms with Crippen LogP contribution in [-0.2, 0) is 17.5 Å². The summed E-state index contributed by atoms with van der Waals surface area (Å²) in [7, 11) is 0. The number of nitrogens with zero attached hydrogens (tertiary/aromatic N) is 1. The Morgan fingerprint density at radius 2 is 2.09 bits per heavy atom. The van der Waals surface area contributed by atoms with E-state index in [4.69, 9.17) is 0 Å². The minimum Gasteiger partial charge on any atom is -0.322 e. The van der Waals surface area contributed by atoms with E-state index in [0.29, 0.717) is 12.2 Å². The number of carbonyl (C=O) groups is 2. The Kier molecular flexibility index (Phi) is 3.58. The average molecular weight is 330 g/mol. The third-order valence-electron chi connectivity index (χ3n) is 3.86. The standard InChI is InChI=1S/C14H13F3N2O2S/c15-14(16,17)10-3-1-2-9(6-10)7-19-11(20)13(18-12(19)21)4-5-22-8-13/h1-3,6H,4-5,7-8H2,(H,18,21)/t13-/m1/s1. The first-order valence-electron chi connectivity index (χ1n) is 6.70. The molecule has 1 atom stereocenters. The second-order valence-electron chi connectivity index (χ2n) is 5.40.